The fraction of sp³-hybridized carbons (Fsp3) is 0.385. The first-order valence-corrected chi connectivity index (χ1v) is 6.05. The Kier molecular flexibility index (Phi) is 4.04. The van der Waals surface area contributed by atoms with Gasteiger partial charge < -0.3 is 5.11 Å². The zero-order valence-corrected chi connectivity index (χ0v) is 10.3. The second kappa shape index (κ2) is 5.73. The predicted octanol–water partition coefficient (Wildman–Crippen LogP) is 2.38. The van der Waals surface area contributed by atoms with Crippen LogP contribution in [-0.4, -0.2) is 20.1 Å². The molecule has 5 heteroatoms. The van der Waals surface area contributed by atoms with Gasteiger partial charge in [-0.2, -0.15) is 0 Å². The lowest BCUT2D eigenvalue weighted by molar-refractivity contribution is 0.277. The highest BCUT2D eigenvalue weighted by atomic mass is 19.1. The minimum absolute atomic E-state index is 0.196. The summed E-state index contributed by atoms with van der Waals surface area (Å²) in [6, 6.07) is 6.26. The molecule has 0 saturated carbocycles. The van der Waals surface area contributed by atoms with Crippen LogP contribution >= 0.6 is 0 Å². The first-order valence-electron chi connectivity index (χ1n) is 6.05. The number of rotatable bonds is 5. The summed E-state index contributed by atoms with van der Waals surface area (Å²) >= 11 is 0. The normalized spacial score (nSPS) is 10.8. The van der Waals surface area contributed by atoms with E-state index in [-0.39, 0.29) is 12.4 Å². The second-order valence-electron chi connectivity index (χ2n) is 4.13. The Morgan fingerprint density at radius 1 is 1.39 bits per heavy atom. The van der Waals surface area contributed by atoms with Crippen LogP contribution in [-0.2, 0) is 13.2 Å². The number of benzene rings is 1. The van der Waals surface area contributed by atoms with E-state index in [2.05, 4.69) is 17.2 Å². The minimum Gasteiger partial charge on any atom is -0.390 e. The fourth-order valence-electron chi connectivity index (χ4n) is 1.87. The monoisotopic (exact) mass is 249 g/mol. The van der Waals surface area contributed by atoms with Crippen molar-refractivity contribution in [3.8, 4) is 11.3 Å². The van der Waals surface area contributed by atoms with E-state index in [4.69, 9.17) is 0 Å². The molecule has 1 N–H and O–H groups in total. The highest BCUT2D eigenvalue weighted by Crippen LogP contribution is 2.23. The Bertz CT molecular complexity index is 525. The lowest BCUT2D eigenvalue weighted by Gasteiger charge is -2.07. The summed E-state index contributed by atoms with van der Waals surface area (Å²) in [6.45, 7) is 2.61. The number of nitrogens with zero attached hydrogens (tertiary/aromatic N) is 3. The number of aromatic nitrogens is 3. The summed E-state index contributed by atoms with van der Waals surface area (Å²) in [7, 11) is 0. The second-order valence-corrected chi connectivity index (χ2v) is 4.13. The number of hydrogen-bond donors (Lipinski definition) is 1. The van der Waals surface area contributed by atoms with Gasteiger partial charge in [-0.15, -0.1) is 5.10 Å². The molecule has 4 nitrogen and oxygen atoms in total. The van der Waals surface area contributed by atoms with Crippen molar-refractivity contribution in [2.75, 3.05) is 0 Å². The van der Waals surface area contributed by atoms with Crippen molar-refractivity contribution in [3.63, 3.8) is 0 Å². The third-order valence-electron chi connectivity index (χ3n) is 2.78. The van der Waals surface area contributed by atoms with Crippen LogP contribution in [0.3, 0.4) is 0 Å². The van der Waals surface area contributed by atoms with Gasteiger partial charge in [0.1, 0.15) is 11.5 Å². The Balaban J connectivity index is 2.43. The van der Waals surface area contributed by atoms with Gasteiger partial charge >= 0.3 is 0 Å². The fourth-order valence-corrected chi connectivity index (χ4v) is 1.87. The number of aryl methyl sites for hydroxylation is 1. The molecule has 1 heterocycles. The molecule has 0 atom stereocenters. The van der Waals surface area contributed by atoms with Crippen molar-refractivity contribution in [2.45, 2.75) is 32.9 Å². The quantitative estimate of drug-likeness (QED) is 0.885. The summed E-state index contributed by atoms with van der Waals surface area (Å²) < 4.78 is 15.0. The number of halogens is 1. The minimum atomic E-state index is -0.306. The molecule has 1 aromatic carbocycles. The van der Waals surface area contributed by atoms with Crippen LogP contribution in [0.2, 0.25) is 0 Å². The average molecular weight is 249 g/mol. The Morgan fingerprint density at radius 2 is 2.22 bits per heavy atom. The maximum absolute atomic E-state index is 13.3. The van der Waals surface area contributed by atoms with Gasteiger partial charge in [-0.05, 0) is 18.6 Å². The van der Waals surface area contributed by atoms with Crippen molar-refractivity contribution in [1.82, 2.24) is 15.0 Å². The molecule has 0 unspecified atom stereocenters. The van der Waals surface area contributed by atoms with E-state index in [1.54, 1.807) is 16.8 Å². The predicted molar refractivity (Wildman–Crippen MR) is 66.2 cm³/mol. The highest BCUT2D eigenvalue weighted by Gasteiger charge is 2.14. The van der Waals surface area contributed by atoms with E-state index in [1.165, 1.54) is 12.1 Å². The molecule has 2 aromatic rings. The number of hydrogen-bond acceptors (Lipinski definition) is 3. The van der Waals surface area contributed by atoms with E-state index in [9.17, 15) is 9.50 Å². The van der Waals surface area contributed by atoms with Crippen molar-refractivity contribution in [2.24, 2.45) is 0 Å². The lowest BCUT2D eigenvalue weighted by Crippen LogP contribution is -2.03. The van der Waals surface area contributed by atoms with Crippen molar-refractivity contribution >= 4 is 0 Å². The third-order valence-corrected chi connectivity index (χ3v) is 2.78. The molecule has 1 aromatic heterocycles. The van der Waals surface area contributed by atoms with E-state index < -0.39 is 0 Å². The molecule has 0 saturated heterocycles. The Labute approximate surface area is 105 Å². The molecule has 18 heavy (non-hydrogen) atoms. The molecule has 0 radical (unpaired) electrons. The van der Waals surface area contributed by atoms with Gasteiger partial charge in [0, 0.05) is 12.1 Å². The molecule has 0 aliphatic carbocycles. The summed E-state index contributed by atoms with van der Waals surface area (Å²) in [5.41, 5.74) is 1.88. The van der Waals surface area contributed by atoms with Gasteiger partial charge in [-0.1, -0.05) is 30.7 Å². The molecule has 0 fully saturated rings. The van der Waals surface area contributed by atoms with Crippen molar-refractivity contribution < 1.29 is 9.50 Å². The SMILES string of the molecule is CCCCn1nnc(CO)c1-c1cccc(F)c1. The number of aliphatic hydroxyl groups is 1. The molecule has 0 spiro atoms. The van der Waals surface area contributed by atoms with Crippen LogP contribution in [0.15, 0.2) is 24.3 Å². The van der Waals surface area contributed by atoms with Crippen LogP contribution in [0, 0.1) is 5.82 Å². The number of aliphatic hydroxyl groups excluding tert-OH is 1. The van der Waals surface area contributed by atoms with Crippen LogP contribution in [0.1, 0.15) is 25.5 Å². The maximum Gasteiger partial charge on any atom is 0.123 e. The molecule has 96 valence electrons. The molecule has 2 rings (SSSR count). The topological polar surface area (TPSA) is 50.9 Å². The molecule has 0 bridgehead atoms. The van der Waals surface area contributed by atoms with Crippen LogP contribution < -0.4 is 0 Å². The smallest absolute Gasteiger partial charge is 0.123 e. The third kappa shape index (κ3) is 2.56. The van der Waals surface area contributed by atoms with Crippen LogP contribution in [0.25, 0.3) is 11.3 Å². The Morgan fingerprint density at radius 3 is 2.89 bits per heavy atom. The summed E-state index contributed by atoms with van der Waals surface area (Å²) in [4.78, 5) is 0. The zero-order chi connectivity index (χ0) is 13.0. The van der Waals surface area contributed by atoms with E-state index in [1.807, 2.05) is 0 Å². The standard InChI is InChI=1S/C13H16FN3O/c1-2-3-7-17-13(12(9-18)15-16-17)10-5-4-6-11(14)8-10/h4-6,8,18H,2-3,7,9H2,1H3. The van der Waals surface area contributed by atoms with Gasteiger partial charge in [0.15, 0.2) is 0 Å². The molecule has 0 aliphatic rings. The molecule has 0 aliphatic heterocycles. The first-order chi connectivity index (χ1) is 8.76. The largest absolute Gasteiger partial charge is 0.390 e. The van der Waals surface area contributed by atoms with Gasteiger partial charge in [-0.25, -0.2) is 9.07 Å². The average Bonchev–Trinajstić information content (AvgIpc) is 2.79. The van der Waals surface area contributed by atoms with Gasteiger partial charge in [0.05, 0.1) is 12.3 Å². The van der Waals surface area contributed by atoms with Gasteiger partial charge in [-0.3, -0.25) is 0 Å². The van der Waals surface area contributed by atoms with Gasteiger partial charge in [0.25, 0.3) is 0 Å². The Hall–Kier alpha value is -1.75. The summed E-state index contributed by atoms with van der Waals surface area (Å²) in [6.07, 6.45) is 2.01. The first kappa shape index (κ1) is 12.7. The van der Waals surface area contributed by atoms with E-state index >= 15 is 0 Å². The van der Waals surface area contributed by atoms with Gasteiger partial charge in [0.2, 0.25) is 0 Å². The van der Waals surface area contributed by atoms with E-state index in [0.717, 1.165) is 19.4 Å². The zero-order valence-electron chi connectivity index (χ0n) is 10.3. The lowest BCUT2D eigenvalue weighted by atomic mass is 10.1. The molecular formula is C13H16FN3O. The maximum atomic E-state index is 13.3. The highest BCUT2D eigenvalue weighted by molar-refractivity contribution is 5.61. The molecular weight excluding hydrogens is 233 g/mol. The van der Waals surface area contributed by atoms with Crippen LogP contribution in [0.4, 0.5) is 4.39 Å². The van der Waals surface area contributed by atoms with Crippen molar-refractivity contribution in [1.29, 1.82) is 0 Å². The molecule has 0 amide bonds. The summed E-state index contributed by atoms with van der Waals surface area (Å²) in [5.74, 6) is -0.306. The summed E-state index contributed by atoms with van der Waals surface area (Å²) in [5, 5.41) is 17.2. The van der Waals surface area contributed by atoms with Crippen molar-refractivity contribution in [3.05, 3.63) is 35.8 Å². The van der Waals surface area contributed by atoms with E-state index in [0.29, 0.717) is 17.0 Å². The van der Waals surface area contributed by atoms with Crippen LogP contribution in [0.5, 0.6) is 0 Å². The number of unbranched alkanes of at least 4 members (excludes halogenated alkanes) is 1.